The van der Waals surface area contributed by atoms with Crippen molar-refractivity contribution in [2.24, 2.45) is 5.10 Å². The zero-order valence-electron chi connectivity index (χ0n) is 20.9. The Kier molecular flexibility index (Phi) is 8.40. The fourth-order valence-electron chi connectivity index (χ4n) is 3.82. The van der Waals surface area contributed by atoms with E-state index in [9.17, 15) is 18.0 Å². The molecule has 4 aromatic rings. The summed E-state index contributed by atoms with van der Waals surface area (Å²) < 4.78 is 40.9. The van der Waals surface area contributed by atoms with Crippen LogP contribution in [0.4, 0.5) is 24.5 Å². The Balaban J connectivity index is 1.41. The number of carbonyl (C=O) groups is 1. The number of aromatic nitrogens is 1. The van der Waals surface area contributed by atoms with Crippen LogP contribution < -0.4 is 20.8 Å². The van der Waals surface area contributed by atoms with Gasteiger partial charge >= 0.3 is 6.36 Å². The Labute approximate surface area is 228 Å². The van der Waals surface area contributed by atoms with Crippen LogP contribution in [0.5, 0.6) is 5.75 Å². The molecule has 0 aliphatic carbocycles. The van der Waals surface area contributed by atoms with Gasteiger partial charge in [-0.2, -0.15) is 5.10 Å². The molecule has 3 N–H and O–H groups in total. The van der Waals surface area contributed by atoms with E-state index in [1.54, 1.807) is 24.4 Å². The number of nitrogens with zero attached hydrogens (tertiary/aromatic N) is 2. The molecule has 0 aliphatic rings. The van der Waals surface area contributed by atoms with Gasteiger partial charge < -0.3 is 15.4 Å². The summed E-state index contributed by atoms with van der Waals surface area (Å²) in [5.41, 5.74) is 6.08. The van der Waals surface area contributed by atoms with Gasteiger partial charge in [0.05, 0.1) is 6.21 Å². The van der Waals surface area contributed by atoms with Crippen molar-refractivity contribution in [1.29, 1.82) is 0 Å². The third kappa shape index (κ3) is 7.51. The minimum Gasteiger partial charge on any atom is -0.406 e. The lowest BCUT2D eigenvalue weighted by Crippen LogP contribution is -2.24. The number of rotatable bonds is 7. The molecule has 4 rings (SSSR count). The van der Waals surface area contributed by atoms with Crippen molar-refractivity contribution in [1.82, 2.24) is 10.4 Å². The number of ether oxygens (including phenoxy) is 1. The maximum absolute atomic E-state index is 12.8. The highest BCUT2D eigenvalue weighted by molar-refractivity contribution is 7.80. The topological polar surface area (TPSA) is 87.6 Å². The number of fused-ring (bicyclic) bond motifs is 1. The Hall–Kier alpha value is -4.51. The van der Waals surface area contributed by atoms with E-state index in [-0.39, 0.29) is 11.4 Å². The lowest BCUT2D eigenvalue weighted by molar-refractivity contribution is -0.274. The smallest absolute Gasteiger partial charge is 0.406 e. The summed E-state index contributed by atoms with van der Waals surface area (Å²) in [5.74, 6) is -0.562. The fourth-order valence-corrected chi connectivity index (χ4v) is 3.98. The Morgan fingerprint density at radius 2 is 1.77 bits per heavy atom. The molecule has 0 unspecified atom stereocenters. The third-order valence-electron chi connectivity index (χ3n) is 5.56. The summed E-state index contributed by atoms with van der Waals surface area (Å²) in [6, 6.07) is 19.9. The highest BCUT2D eigenvalue weighted by Gasteiger charge is 2.31. The van der Waals surface area contributed by atoms with Crippen molar-refractivity contribution in [3.63, 3.8) is 0 Å². The Bertz CT molecular complexity index is 1520. The highest BCUT2D eigenvalue weighted by atomic mass is 32.1. The molecule has 0 saturated heterocycles. The molecule has 11 heteroatoms. The monoisotopic (exact) mass is 551 g/mol. The first-order chi connectivity index (χ1) is 18.6. The normalized spacial score (nSPS) is 11.5. The van der Waals surface area contributed by atoms with Crippen molar-refractivity contribution in [2.75, 3.05) is 10.6 Å². The van der Waals surface area contributed by atoms with Gasteiger partial charge in [0.2, 0.25) is 0 Å². The quantitative estimate of drug-likeness (QED) is 0.133. The summed E-state index contributed by atoms with van der Waals surface area (Å²) in [4.78, 5) is 17.0. The maximum atomic E-state index is 12.8. The van der Waals surface area contributed by atoms with E-state index in [0.29, 0.717) is 22.1 Å². The first-order valence-corrected chi connectivity index (χ1v) is 12.2. The van der Waals surface area contributed by atoms with Crippen molar-refractivity contribution in [2.45, 2.75) is 26.1 Å². The number of halogens is 3. The van der Waals surface area contributed by atoms with Gasteiger partial charge in [-0.05, 0) is 77.1 Å². The van der Waals surface area contributed by atoms with E-state index >= 15 is 0 Å². The van der Waals surface area contributed by atoms with E-state index in [1.807, 2.05) is 30.3 Å². The molecule has 0 bridgehead atoms. The van der Waals surface area contributed by atoms with Crippen molar-refractivity contribution in [3.8, 4) is 5.75 Å². The number of nitrogens with one attached hydrogen (secondary N) is 3. The molecule has 1 heterocycles. The van der Waals surface area contributed by atoms with Crippen LogP contribution in [0.1, 0.15) is 41.4 Å². The zero-order chi connectivity index (χ0) is 28.0. The van der Waals surface area contributed by atoms with Gasteiger partial charge in [-0.1, -0.05) is 44.2 Å². The SMILES string of the molecule is CC(C)c1ccccc1NC(=S)N/N=C/c1ccc2c(C(=O)Nc3ccc(OC(F)(F)F)cc3)nccc2c1. The van der Waals surface area contributed by atoms with Crippen LogP contribution in [0.2, 0.25) is 0 Å². The van der Waals surface area contributed by atoms with Crippen LogP contribution in [0, 0.1) is 0 Å². The number of alkyl halides is 3. The number of para-hydroxylation sites is 1. The van der Waals surface area contributed by atoms with E-state index in [0.717, 1.165) is 34.3 Å². The van der Waals surface area contributed by atoms with Crippen LogP contribution in [0.15, 0.2) is 84.1 Å². The number of benzene rings is 3. The van der Waals surface area contributed by atoms with Gasteiger partial charge in [-0.25, -0.2) is 0 Å². The number of pyridine rings is 1. The molecule has 200 valence electrons. The molecular formula is C28H24F3N5O2S. The number of carbonyl (C=O) groups excluding carboxylic acids is 1. The molecule has 39 heavy (non-hydrogen) atoms. The molecule has 3 aromatic carbocycles. The van der Waals surface area contributed by atoms with Gasteiger partial charge in [-0.15, -0.1) is 13.2 Å². The minimum atomic E-state index is -4.79. The number of hydrogen-bond donors (Lipinski definition) is 3. The lowest BCUT2D eigenvalue weighted by Gasteiger charge is -2.14. The number of hydrogen-bond acceptors (Lipinski definition) is 5. The van der Waals surface area contributed by atoms with E-state index in [4.69, 9.17) is 12.2 Å². The summed E-state index contributed by atoms with van der Waals surface area (Å²) in [6.07, 6.45) is -1.69. The molecule has 1 aromatic heterocycles. The maximum Gasteiger partial charge on any atom is 0.573 e. The zero-order valence-corrected chi connectivity index (χ0v) is 21.7. The van der Waals surface area contributed by atoms with E-state index < -0.39 is 12.3 Å². The summed E-state index contributed by atoms with van der Waals surface area (Å²) in [6.45, 7) is 4.21. The molecule has 0 aliphatic heterocycles. The molecular weight excluding hydrogens is 527 g/mol. The van der Waals surface area contributed by atoms with Crippen LogP contribution in [-0.4, -0.2) is 28.6 Å². The van der Waals surface area contributed by atoms with Gasteiger partial charge in [0, 0.05) is 23.0 Å². The number of hydrazone groups is 1. The van der Waals surface area contributed by atoms with E-state index in [2.05, 4.69) is 44.7 Å². The fraction of sp³-hybridized carbons (Fsp3) is 0.143. The van der Waals surface area contributed by atoms with Crippen LogP contribution in [-0.2, 0) is 0 Å². The van der Waals surface area contributed by atoms with Gasteiger partial charge in [0.25, 0.3) is 5.91 Å². The second kappa shape index (κ2) is 11.9. The molecule has 0 spiro atoms. The van der Waals surface area contributed by atoms with Crippen LogP contribution in [0.3, 0.4) is 0 Å². The van der Waals surface area contributed by atoms with Gasteiger partial charge in [0.1, 0.15) is 11.4 Å². The van der Waals surface area contributed by atoms with E-state index in [1.165, 1.54) is 18.3 Å². The number of amides is 1. The second-order valence-corrected chi connectivity index (χ2v) is 9.14. The lowest BCUT2D eigenvalue weighted by atomic mass is 10.0. The van der Waals surface area contributed by atoms with Crippen molar-refractivity contribution < 1.29 is 22.7 Å². The molecule has 0 atom stereocenters. The minimum absolute atomic E-state index is 0.166. The standard InChI is InChI=1S/C28H24F3N5O2S/c1-17(2)22-5-3-4-6-24(22)35-27(39)36-33-16-18-7-12-23-19(15-18)13-14-32-25(23)26(37)34-20-8-10-21(11-9-20)38-28(29,30)31/h3-17H,1-2H3,(H,34,37)(H2,35,36,39)/b33-16+. The highest BCUT2D eigenvalue weighted by Crippen LogP contribution is 2.25. The van der Waals surface area contributed by atoms with Crippen LogP contribution >= 0.6 is 12.2 Å². The molecule has 0 saturated carbocycles. The largest absolute Gasteiger partial charge is 0.573 e. The predicted octanol–water partition coefficient (Wildman–Crippen LogP) is 6.83. The van der Waals surface area contributed by atoms with Gasteiger partial charge in [-0.3, -0.25) is 15.2 Å². The first-order valence-electron chi connectivity index (χ1n) is 11.8. The summed E-state index contributed by atoms with van der Waals surface area (Å²) in [7, 11) is 0. The number of thiocarbonyl (C=S) groups is 1. The second-order valence-electron chi connectivity index (χ2n) is 8.73. The van der Waals surface area contributed by atoms with Gasteiger partial charge in [0.15, 0.2) is 5.11 Å². The van der Waals surface area contributed by atoms with Crippen LogP contribution in [0.25, 0.3) is 10.8 Å². The Morgan fingerprint density at radius 3 is 2.49 bits per heavy atom. The number of anilines is 2. The molecule has 0 radical (unpaired) electrons. The summed E-state index contributed by atoms with van der Waals surface area (Å²) >= 11 is 5.36. The average molecular weight is 552 g/mol. The predicted molar refractivity (Wildman–Crippen MR) is 150 cm³/mol. The molecule has 1 amide bonds. The summed E-state index contributed by atoms with van der Waals surface area (Å²) in [5, 5.41) is 11.7. The van der Waals surface area contributed by atoms with Crippen molar-refractivity contribution in [3.05, 3.63) is 95.8 Å². The average Bonchev–Trinajstić information content (AvgIpc) is 2.88. The first kappa shape index (κ1) is 27.5. The molecule has 0 fully saturated rings. The Morgan fingerprint density at radius 1 is 1.03 bits per heavy atom. The van der Waals surface area contributed by atoms with Crippen molar-refractivity contribution >= 4 is 51.6 Å². The third-order valence-corrected chi connectivity index (χ3v) is 5.75. The molecule has 7 nitrogen and oxygen atoms in total.